The molecule has 2 aliphatic carbocycles. The number of nitrogens with zero attached hydrogens (tertiary/aromatic N) is 1. The number of aromatic hydroxyl groups is 1. The van der Waals surface area contributed by atoms with Crippen molar-refractivity contribution in [1.82, 2.24) is 4.90 Å². The summed E-state index contributed by atoms with van der Waals surface area (Å²) in [5, 5.41) is 9.93. The molecule has 1 aromatic carbocycles. The van der Waals surface area contributed by atoms with Crippen LogP contribution in [-0.2, 0) is 11.8 Å². The first kappa shape index (κ1) is 13.6. The van der Waals surface area contributed by atoms with Crippen molar-refractivity contribution >= 4 is 0 Å². The lowest BCUT2D eigenvalue weighted by Gasteiger charge is -2.47. The van der Waals surface area contributed by atoms with Crippen LogP contribution in [0.4, 0.5) is 0 Å². The van der Waals surface area contributed by atoms with Crippen LogP contribution < -0.4 is 0 Å². The molecule has 1 N–H and O–H groups in total. The SMILES string of the molecule is C[C@@H]1[C@H]2Cc3ccc(O)cc3[C@@]1(C)CCCN2CC1CC1. The van der Waals surface area contributed by atoms with Gasteiger partial charge in [-0.25, -0.2) is 0 Å². The summed E-state index contributed by atoms with van der Waals surface area (Å²) < 4.78 is 0. The van der Waals surface area contributed by atoms with Gasteiger partial charge in [-0.3, -0.25) is 4.90 Å². The number of hydrogen-bond acceptors (Lipinski definition) is 2. The monoisotopic (exact) mass is 285 g/mol. The van der Waals surface area contributed by atoms with Crippen LogP contribution in [0.5, 0.6) is 5.75 Å². The predicted molar refractivity (Wildman–Crippen MR) is 85.6 cm³/mol. The van der Waals surface area contributed by atoms with Gasteiger partial charge in [-0.2, -0.15) is 0 Å². The number of benzene rings is 1. The molecule has 1 saturated heterocycles. The number of likely N-dealkylation sites (tertiary alicyclic amines) is 1. The predicted octanol–water partition coefficient (Wildman–Crippen LogP) is 3.72. The standard InChI is InChI=1S/C19H27NO/c1-13-18-10-15-6-7-16(21)11-17(15)19(13,2)8-3-9-20(18)12-14-4-5-14/h6-7,11,13-14,18,21H,3-5,8-10,12H2,1-2H3/t13-,18-,19+/m1/s1. The molecule has 2 heteroatoms. The molecule has 0 spiro atoms. The molecular formula is C19H27NO. The van der Waals surface area contributed by atoms with Crippen LogP contribution in [0.3, 0.4) is 0 Å². The third-order valence-corrected chi connectivity index (χ3v) is 6.52. The zero-order valence-corrected chi connectivity index (χ0v) is 13.3. The van der Waals surface area contributed by atoms with E-state index in [0.29, 0.717) is 17.7 Å². The molecule has 1 saturated carbocycles. The van der Waals surface area contributed by atoms with Crippen molar-refractivity contribution in [2.45, 2.75) is 57.4 Å². The highest BCUT2D eigenvalue weighted by Gasteiger charge is 2.47. The van der Waals surface area contributed by atoms with Crippen LogP contribution in [0, 0.1) is 11.8 Å². The first-order chi connectivity index (χ1) is 10.1. The smallest absolute Gasteiger partial charge is 0.115 e. The van der Waals surface area contributed by atoms with Crippen molar-refractivity contribution in [3.63, 3.8) is 0 Å². The number of rotatable bonds is 2. The second-order valence-corrected chi connectivity index (χ2v) is 7.86. The fourth-order valence-corrected chi connectivity index (χ4v) is 4.83. The van der Waals surface area contributed by atoms with Gasteiger partial charge in [0, 0.05) is 12.6 Å². The Morgan fingerprint density at radius 3 is 2.90 bits per heavy atom. The van der Waals surface area contributed by atoms with Crippen molar-refractivity contribution in [3.05, 3.63) is 29.3 Å². The quantitative estimate of drug-likeness (QED) is 0.895. The lowest BCUT2D eigenvalue weighted by Crippen LogP contribution is -2.50. The largest absolute Gasteiger partial charge is 0.508 e. The summed E-state index contributed by atoms with van der Waals surface area (Å²) in [5.74, 6) is 2.08. The van der Waals surface area contributed by atoms with E-state index < -0.39 is 0 Å². The number of hydrogen-bond donors (Lipinski definition) is 1. The average molecular weight is 285 g/mol. The second-order valence-electron chi connectivity index (χ2n) is 7.86. The van der Waals surface area contributed by atoms with Gasteiger partial charge < -0.3 is 5.11 Å². The van der Waals surface area contributed by atoms with Gasteiger partial charge in [-0.15, -0.1) is 0 Å². The second kappa shape index (κ2) is 4.74. The minimum Gasteiger partial charge on any atom is -0.508 e. The van der Waals surface area contributed by atoms with Gasteiger partial charge in [-0.05, 0) is 79.2 Å². The fourth-order valence-electron chi connectivity index (χ4n) is 4.83. The molecular weight excluding hydrogens is 258 g/mol. The van der Waals surface area contributed by atoms with E-state index in [-0.39, 0.29) is 5.41 Å². The zero-order chi connectivity index (χ0) is 14.6. The first-order valence-electron chi connectivity index (χ1n) is 8.64. The van der Waals surface area contributed by atoms with E-state index in [9.17, 15) is 5.11 Å². The Balaban J connectivity index is 1.74. The van der Waals surface area contributed by atoms with E-state index in [4.69, 9.17) is 0 Å². The van der Waals surface area contributed by atoms with Gasteiger partial charge in [0.25, 0.3) is 0 Å². The Morgan fingerprint density at radius 1 is 1.33 bits per heavy atom. The van der Waals surface area contributed by atoms with Crippen LogP contribution in [0.25, 0.3) is 0 Å². The zero-order valence-electron chi connectivity index (χ0n) is 13.3. The Hall–Kier alpha value is -1.02. The van der Waals surface area contributed by atoms with Gasteiger partial charge in [0.05, 0.1) is 0 Å². The maximum absolute atomic E-state index is 9.93. The van der Waals surface area contributed by atoms with Gasteiger partial charge in [0.1, 0.15) is 5.75 Å². The maximum atomic E-state index is 9.93. The maximum Gasteiger partial charge on any atom is 0.115 e. The Labute approximate surface area is 128 Å². The Kier molecular flexibility index (Phi) is 3.08. The number of phenols is 1. The van der Waals surface area contributed by atoms with Crippen LogP contribution in [0.2, 0.25) is 0 Å². The summed E-state index contributed by atoms with van der Waals surface area (Å²) in [4.78, 5) is 2.80. The molecule has 0 unspecified atom stereocenters. The lowest BCUT2D eigenvalue weighted by molar-refractivity contribution is 0.115. The summed E-state index contributed by atoms with van der Waals surface area (Å²) >= 11 is 0. The average Bonchev–Trinajstić information content (AvgIpc) is 3.26. The molecule has 2 nitrogen and oxygen atoms in total. The summed E-state index contributed by atoms with van der Waals surface area (Å²) in [6.07, 6.45) is 6.60. The third-order valence-electron chi connectivity index (χ3n) is 6.52. The molecule has 114 valence electrons. The Morgan fingerprint density at radius 2 is 2.14 bits per heavy atom. The van der Waals surface area contributed by atoms with Gasteiger partial charge >= 0.3 is 0 Å². The van der Waals surface area contributed by atoms with Crippen molar-refractivity contribution in [3.8, 4) is 5.75 Å². The van der Waals surface area contributed by atoms with E-state index in [1.807, 2.05) is 12.1 Å². The Bertz CT molecular complexity index is 550. The lowest BCUT2D eigenvalue weighted by atomic mass is 9.61. The van der Waals surface area contributed by atoms with Crippen LogP contribution >= 0.6 is 0 Å². The normalized spacial score (nSPS) is 36.1. The molecule has 1 aromatic rings. The molecule has 21 heavy (non-hydrogen) atoms. The molecule has 0 radical (unpaired) electrons. The van der Waals surface area contributed by atoms with Crippen LogP contribution in [-0.4, -0.2) is 29.1 Å². The molecule has 0 aromatic heterocycles. The van der Waals surface area contributed by atoms with E-state index >= 15 is 0 Å². The fraction of sp³-hybridized carbons (Fsp3) is 0.684. The van der Waals surface area contributed by atoms with Crippen molar-refractivity contribution in [2.75, 3.05) is 13.1 Å². The van der Waals surface area contributed by atoms with E-state index in [2.05, 4.69) is 24.8 Å². The molecule has 3 aliphatic rings. The van der Waals surface area contributed by atoms with Crippen LogP contribution in [0.15, 0.2) is 18.2 Å². The van der Waals surface area contributed by atoms with Crippen LogP contribution in [0.1, 0.15) is 50.7 Å². The molecule has 3 atom stereocenters. The molecule has 2 bridgehead atoms. The highest BCUT2D eigenvalue weighted by molar-refractivity contribution is 5.43. The summed E-state index contributed by atoms with van der Waals surface area (Å²) in [6.45, 7) is 7.46. The number of fused-ring (bicyclic) bond motifs is 4. The highest BCUT2D eigenvalue weighted by Crippen LogP contribution is 2.49. The minimum atomic E-state index is 0.231. The summed E-state index contributed by atoms with van der Waals surface area (Å²) in [6, 6.07) is 6.77. The summed E-state index contributed by atoms with van der Waals surface area (Å²) in [5.41, 5.74) is 3.12. The van der Waals surface area contributed by atoms with Crippen molar-refractivity contribution in [1.29, 1.82) is 0 Å². The van der Waals surface area contributed by atoms with E-state index in [1.54, 1.807) is 0 Å². The molecule has 4 rings (SSSR count). The minimum absolute atomic E-state index is 0.231. The third kappa shape index (κ3) is 2.19. The molecule has 0 amide bonds. The van der Waals surface area contributed by atoms with Crippen molar-refractivity contribution < 1.29 is 5.11 Å². The van der Waals surface area contributed by atoms with E-state index in [1.165, 1.54) is 56.3 Å². The van der Waals surface area contributed by atoms with Crippen molar-refractivity contribution in [2.24, 2.45) is 11.8 Å². The highest BCUT2D eigenvalue weighted by atomic mass is 16.3. The molecule has 1 aliphatic heterocycles. The van der Waals surface area contributed by atoms with E-state index in [0.717, 1.165) is 5.92 Å². The number of phenolic OH excluding ortho intramolecular Hbond substituents is 1. The summed E-state index contributed by atoms with van der Waals surface area (Å²) in [7, 11) is 0. The first-order valence-corrected chi connectivity index (χ1v) is 8.64. The van der Waals surface area contributed by atoms with Gasteiger partial charge in [0.15, 0.2) is 0 Å². The molecule has 2 fully saturated rings. The van der Waals surface area contributed by atoms with Gasteiger partial charge in [0.2, 0.25) is 0 Å². The topological polar surface area (TPSA) is 23.5 Å². The van der Waals surface area contributed by atoms with Gasteiger partial charge in [-0.1, -0.05) is 19.9 Å². The molecule has 1 heterocycles.